The summed E-state index contributed by atoms with van der Waals surface area (Å²) >= 11 is 6.28. The van der Waals surface area contributed by atoms with E-state index in [4.69, 9.17) is 16.3 Å². The van der Waals surface area contributed by atoms with Crippen molar-refractivity contribution in [2.45, 2.75) is 45.7 Å². The Balaban J connectivity index is 2.40. The minimum atomic E-state index is -4.47. The summed E-state index contributed by atoms with van der Waals surface area (Å²) in [6.45, 7) is 6.01. The summed E-state index contributed by atoms with van der Waals surface area (Å²) in [6, 6.07) is 8.67. The summed E-state index contributed by atoms with van der Waals surface area (Å²) in [6.07, 6.45) is -3.78. The van der Waals surface area contributed by atoms with Gasteiger partial charge in [-0.2, -0.15) is 13.2 Å². The van der Waals surface area contributed by atoms with E-state index in [0.29, 0.717) is 53.2 Å². The Morgan fingerprint density at radius 3 is 2.47 bits per heavy atom. The van der Waals surface area contributed by atoms with Gasteiger partial charge in [-0.3, -0.25) is 9.59 Å². The highest BCUT2D eigenvalue weighted by Crippen LogP contribution is 2.35. The lowest BCUT2D eigenvalue weighted by Gasteiger charge is -2.17. The predicted octanol–water partition coefficient (Wildman–Crippen LogP) is 5.80. The van der Waals surface area contributed by atoms with Gasteiger partial charge in [-0.1, -0.05) is 23.7 Å². The Kier molecular flexibility index (Phi) is 9.28. The fourth-order valence-electron chi connectivity index (χ4n) is 3.29. The van der Waals surface area contributed by atoms with Gasteiger partial charge in [0.1, 0.15) is 5.78 Å². The Morgan fingerprint density at radius 2 is 1.84 bits per heavy atom. The summed E-state index contributed by atoms with van der Waals surface area (Å²) < 4.78 is 45.0. The molecule has 8 heteroatoms. The molecular formula is C24H27ClF3NO3. The first kappa shape index (κ1) is 25.9. The monoisotopic (exact) mass is 469 g/mol. The van der Waals surface area contributed by atoms with Crippen molar-refractivity contribution in [2.75, 3.05) is 19.7 Å². The molecule has 0 aliphatic carbocycles. The van der Waals surface area contributed by atoms with Gasteiger partial charge in [-0.25, -0.2) is 0 Å². The summed E-state index contributed by atoms with van der Waals surface area (Å²) in [7, 11) is 0. The van der Waals surface area contributed by atoms with Crippen molar-refractivity contribution in [2.24, 2.45) is 0 Å². The third-order valence-corrected chi connectivity index (χ3v) is 5.25. The molecule has 1 N–H and O–H groups in total. The molecule has 0 amide bonds. The fourth-order valence-corrected chi connectivity index (χ4v) is 3.54. The van der Waals surface area contributed by atoms with Gasteiger partial charge in [-0.05, 0) is 80.3 Å². The van der Waals surface area contributed by atoms with Gasteiger partial charge < -0.3 is 10.1 Å². The van der Waals surface area contributed by atoms with Crippen LogP contribution in [0.25, 0.3) is 11.1 Å². The molecular weight excluding hydrogens is 443 g/mol. The zero-order chi connectivity index (χ0) is 23.9. The van der Waals surface area contributed by atoms with Gasteiger partial charge >= 0.3 is 12.1 Å². The maximum Gasteiger partial charge on any atom is 0.416 e. The van der Waals surface area contributed by atoms with Gasteiger partial charge in [-0.15, -0.1) is 0 Å². The lowest BCUT2D eigenvalue weighted by atomic mass is 9.92. The first-order valence-electron chi connectivity index (χ1n) is 10.4. The first-order chi connectivity index (χ1) is 15.0. The number of benzene rings is 2. The summed E-state index contributed by atoms with van der Waals surface area (Å²) in [5.74, 6) is -0.930. The molecule has 174 valence electrons. The molecule has 0 aromatic heterocycles. The smallest absolute Gasteiger partial charge is 0.416 e. The molecule has 0 aliphatic rings. The zero-order valence-corrected chi connectivity index (χ0v) is 19.1. The Labute approximate surface area is 191 Å². The standard InChI is InChI=1S/C24H27ClF3NO3/c1-4-32-23(31)16(3)18-11-19(14-21(25)13-18)22-6-5-20(24(26,27)28)12-17(22)8-10-29-9-7-15(2)30/h5-6,11-14,16,29H,4,7-10H2,1-3H3. The first-order valence-corrected chi connectivity index (χ1v) is 10.8. The van der Waals surface area contributed by atoms with E-state index in [9.17, 15) is 22.8 Å². The lowest BCUT2D eigenvalue weighted by Crippen LogP contribution is -2.20. The van der Waals surface area contributed by atoms with Crippen LogP contribution in [0.4, 0.5) is 13.2 Å². The number of rotatable bonds is 10. The number of esters is 1. The molecule has 1 atom stereocenters. The number of alkyl halides is 3. The van der Waals surface area contributed by atoms with Crippen LogP contribution in [0.15, 0.2) is 36.4 Å². The number of Topliss-reactive ketones (excluding diaryl/α,β-unsaturated/α-hetero) is 1. The van der Waals surface area contributed by atoms with Crippen molar-refractivity contribution in [3.05, 3.63) is 58.1 Å². The van der Waals surface area contributed by atoms with Crippen molar-refractivity contribution in [3.8, 4) is 11.1 Å². The quantitative estimate of drug-likeness (QED) is 0.353. The van der Waals surface area contributed by atoms with Gasteiger partial charge in [0.15, 0.2) is 0 Å². The van der Waals surface area contributed by atoms with E-state index in [1.807, 2.05) is 0 Å². The van der Waals surface area contributed by atoms with E-state index < -0.39 is 23.6 Å². The number of ketones is 1. The maximum atomic E-state index is 13.3. The molecule has 4 nitrogen and oxygen atoms in total. The highest BCUT2D eigenvalue weighted by molar-refractivity contribution is 6.31. The zero-order valence-electron chi connectivity index (χ0n) is 18.3. The molecule has 2 aromatic rings. The van der Waals surface area contributed by atoms with Crippen LogP contribution in [0.3, 0.4) is 0 Å². The van der Waals surface area contributed by atoms with Crippen LogP contribution < -0.4 is 5.32 Å². The SMILES string of the molecule is CCOC(=O)C(C)c1cc(Cl)cc(-c2ccc(C(F)(F)F)cc2CCNCCC(C)=O)c1. The highest BCUT2D eigenvalue weighted by atomic mass is 35.5. The maximum absolute atomic E-state index is 13.3. The van der Waals surface area contributed by atoms with Crippen molar-refractivity contribution in [1.29, 1.82) is 0 Å². The third kappa shape index (κ3) is 7.35. The van der Waals surface area contributed by atoms with Gasteiger partial charge in [0.05, 0.1) is 18.1 Å². The summed E-state index contributed by atoms with van der Waals surface area (Å²) in [5.41, 5.74) is 1.60. The topological polar surface area (TPSA) is 55.4 Å². The van der Waals surface area contributed by atoms with E-state index in [2.05, 4.69) is 5.32 Å². The normalized spacial score (nSPS) is 12.5. The van der Waals surface area contributed by atoms with Crippen LogP contribution >= 0.6 is 11.6 Å². The number of hydrogen-bond acceptors (Lipinski definition) is 4. The number of ether oxygens (including phenoxy) is 1. The van der Waals surface area contributed by atoms with E-state index in [1.54, 1.807) is 32.0 Å². The molecule has 0 heterocycles. The molecule has 0 saturated carbocycles. The van der Waals surface area contributed by atoms with Crippen LogP contribution in [0.5, 0.6) is 0 Å². The fraction of sp³-hybridized carbons (Fsp3) is 0.417. The van der Waals surface area contributed by atoms with E-state index in [-0.39, 0.29) is 12.4 Å². The van der Waals surface area contributed by atoms with Crippen molar-refractivity contribution < 1.29 is 27.5 Å². The average Bonchev–Trinajstić information content (AvgIpc) is 2.71. The average molecular weight is 470 g/mol. The highest BCUT2D eigenvalue weighted by Gasteiger charge is 2.31. The molecule has 0 saturated heterocycles. The summed E-state index contributed by atoms with van der Waals surface area (Å²) in [4.78, 5) is 23.2. The van der Waals surface area contributed by atoms with Crippen LogP contribution in [0.2, 0.25) is 5.02 Å². The third-order valence-electron chi connectivity index (χ3n) is 5.03. The molecule has 2 rings (SSSR count). The summed E-state index contributed by atoms with van der Waals surface area (Å²) in [5, 5.41) is 3.46. The number of carbonyl (C=O) groups is 2. The molecule has 0 fully saturated rings. The van der Waals surface area contributed by atoms with Crippen molar-refractivity contribution in [3.63, 3.8) is 0 Å². The minimum absolute atomic E-state index is 0.0411. The van der Waals surface area contributed by atoms with E-state index in [1.165, 1.54) is 13.0 Å². The molecule has 0 radical (unpaired) electrons. The molecule has 0 aliphatic heterocycles. The number of nitrogens with one attached hydrogen (secondary N) is 1. The molecule has 2 aromatic carbocycles. The van der Waals surface area contributed by atoms with E-state index in [0.717, 1.165) is 12.1 Å². The molecule has 32 heavy (non-hydrogen) atoms. The predicted molar refractivity (Wildman–Crippen MR) is 119 cm³/mol. The van der Waals surface area contributed by atoms with Crippen LogP contribution in [0.1, 0.15) is 49.8 Å². The van der Waals surface area contributed by atoms with Gasteiger partial charge in [0, 0.05) is 18.0 Å². The van der Waals surface area contributed by atoms with Crippen LogP contribution in [0, 0.1) is 0 Å². The van der Waals surface area contributed by atoms with Gasteiger partial charge in [0.2, 0.25) is 0 Å². The van der Waals surface area contributed by atoms with Crippen molar-refractivity contribution in [1.82, 2.24) is 5.32 Å². The van der Waals surface area contributed by atoms with Crippen LogP contribution in [-0.2, 0) is 26.9 Å². The van der Waals surface area contributed by atoms with Gasteiger partial charge in [0.25, 0.3) is 0 Å². The number of halogens is 4. The molecule has 1 unspecified atom stereocenters. The Hall–Kier alpha value is -2.38. The second-order valence-corrected chi connectivity index (χ2v) is 8.01. The minimum Gasteiger partial charge on any atom is -0.466 e. The Bertz CT molecular complexity index is 960. The molecule has 0 bridgehead atoms. The Morgan fingerprint density at radius 1 is 1.12 bits per heavy atom. The second kappa shape index (κ2) is 11.5. The lowest BCUT2D eigenvalue weighted by molar-refractivity contribution is -0.144. The van der Waals surface area contributed by atoms with Crippen LogP contribution in [-0.4, -0.2) is 31.4 Å². The second-order valence-electron chi connectivity index (χ2n) is 7.57. The largest absolute Gasteiger partial charge is 0.466 e. The number of hydrogen-bond donors (Lipinski definition) is 1. The van der Waals surface area contributed by atoms with E-state index >= 15 is 0 Å². The number of carbonyl (C=O) groups excluding carboxylic acids is 2. The molecule has 0 spiro atoms. The van der Waals surface area contributed by atoms with Crippen molar-refractivity contribution >= 4 is 23.4 Å².